The molecule has 148 valence electrons. The third-order valence-electron chi connectivity index (χ3n) is 6.85. The summed E-state index contributed by atoms with van der Waals surface area (Å²) in [6.45, 7) is 16.7. The van der Waals surface area contributed by atoms with Crippen molar-refractivity contribution in [2.75, 3.05) is 0 Å². The van der Waals surface area contributed by atoms with Crippen molar-refractivity contribution in [2.24, 2.45) is 0 Å². The van der Waals surface area contributed by atoms with Gasteiger partial charge in [-0.05, 0) is 73.8 Å². The maximum absolute atomic E-state index is 6.38. The van der Waals surface area contributed by atoms with E-state index in [1.165, 1.54) is 5.56 Å². The molecule has 4 nitrogen and oxygen atoms in total. The molecular formula is C21H34B2O4. The van der Waals surface area contributed by atoms with Crippen LogP contribution in [0, 0.1) is 0 Å². The van der Waals surface area contributed by atoms with Crippen molar-refractivity contribution in [1.82, 2.24) is 0 Å². The Morgan fingerprint density at radius 2 is 1.04 bits per heavy atom. The summed E-state index contributed by atoms with van der Waals surface area (Å²) in [5.41, 5.74) is -0.181. The van der Waals surface area contributed by atoms with Crippen LogP contribution in [0.1, 0.15) is 67.4 Å². The van der Waals surface area contributed by atoms with Crippen LogP contribution in [0.3, 0.4) is 0 Å². The van der Waals surface area contributed by atoms with Crippen LogP contribution in [0.5, 0.6) is 0 Å². The zero-order valence-electron chi connectivity index (χ0n) is 18.2. The highest BCUT2D eigenvalue weighted by molar-refractivity contribution is 6.68. The van der Waals surface area contributed by atoms with Crippen molar-refractivity contribution in [3.05, 3.63) is 35.9 Å². The van der Waals surface area contributed by atoms with E-state index in [2.05, 4.69) is 79.7 Å². The van der Waals surface area contributed by atoms with Gasteiger partial charge in [0.25, 0.3) is 0 Å². The van der Waals surface area contributed by atoms with Crippen LogP contribution in [0.2, 0.25) is 5.72 Å². The molecule has 3 rings (SSSR count). The summed E-state index contributed by atoms with van der Waals surface area (Å²) in [6, 6.07) is 10.5. The summed E-state index contributed by atoms with van der Waals surface area (Å²) in [6.07, 6.45) is 1.80. The largest absolute Gasteiger partial charge is 0.458 e. The van der Waals surface area contributed by atoms with E-state index >= 15 is 0 Å². The van der Waals surface area contributed by atoms with Gasteiger partial charge < -0.3 is 18.6 Å². The lowest BCUT2D eigenvalue weighted by Gasteiger charge is -2.32. The van der Waals surface area contributed by atoms with Crippen LogP contribution in [-0.2, 0) is 25.0 Å². The highest BCUT2D eigenvalue weighted by Crippen LogP contribution is 2.46. The standard InChI is InChI=1S/C21H34B2O4/c1-18(2)19(3,4)25-22(24-18)17(15-14-16-12-10-9-11-13-16)23-26-20(5,6)21(7,8)27-23/h9-13,17H,14-15H2,1-8H3. The predicted octanol–water partition coefficient (Wildman–Crippen LogP) is 4.71. The van der Waals surface area contributed by atoms with Gasteiger partial charge in [0.15, 0.2) is 0 Å². The molecule has 1 aromatic rings. The van der Waals surface area contributed by atoms with E-state index in [1.54, 1.807) is 0 Å². The molecule has 0 radical (unpaired) electrons. The molecule has 0 atom stereocenters. The second-order valence-corrected chi connectivity index (χ2v) is 9.94. The molecule has 0 aliphatic carbocycles. The zero-order chi connectivity index (χ0) is 20.1. The monoisotopic (exact) mass is 372 g/mol. The Hall–Kier alpha value is -0.810. The molecule has 2 heterocycles. The average Bonchev–Trinajstić information content (AvgIpc) is 2.88. The highest BCUT2D eigenvalue weighted by Gasteiger charge is 2.61. The molecule has 27 heavy (non-hydrogen) atoms. The van der Waals surface area contributed by atoms with Gasteiger partial charge in [0, 0.05) is 5.72 Å². The topological polar surface area (TPSA) is 36.9 Å². The maximum atomic E-state index is 6.38. The van der Waals surface area contributed by atoms with Crippen LogP contribution in [0.25, 0.3) is 0 Å². The van der Waals surface area contributed by atoms with Gasteiger partial charge >= 0.3 is 14.2 Å². The van der Waals surface area contributed by atoms with Crippen LogP contribution >= 0.6 is 0 Å². The molecule has 0 unspecified atom stereocenters. The Balaban J connectivity index is 1.82. The summed E-state index contributed by atoms with van der Waals surface area (Å²) in [7, 11) is -0.707. The fourth-order valence-electron chi connectivity index (χ4n) is 3.51. The summed E-state index contributed by atoms with van der Waals surface area (Å²) in [5.74, 6) is 0. The quantitative estimate of drug-likeness (QED) is 0.702. The first-order chi connectivity index (χ1) is 12.3. The smallest absolute Gasteiger partial charge is 0.403 e. The van der Waals surface area contributed by atoms with E-state index in [1.807, 2.05) is 6.07 Å². The van der Waals surface area contributed by atoms with E-state index in [0.29, 0.717) is 0 Å². The number of hydrogen-bond donors (Lipinski definition) is 0. The lowest BCUT2D eigenvalue weighted by atomic mass is 9.50. The van der Waals surface area contributed by atoms with Gasteiger partial charge in [-0.25, -0.2) is 0 Å². The molecule has 0 bridgehead atoms. The van der Waals surface area contributed by atoms with E-state index in [-0.39, 0.29) is 42.4 Å². The Kier molecular flexibility index (Phi) is 5.35. The van der Waals surface area contributed by atoms with Gasteiger partial charge in [-0.3, -0.25) is 0 Å². The summed E-state index contributed by atoms with van der Waals surface area (Å²) < 4.78 is 25.5. The Labute approximate surface area is 165 Å². The van der Waals surface area contributed by atoms with Crippen molar-refractivity contribution in [3.8, 4) is 0 Å². The molecule has 0 saturated carbocycles. The van der Waals surface area contributed by atoms with Gasteiger partial charge in [0.05, 0.1) is 22.4 Å². The molecule has 2 aliphatic rings. The Morgan fingerprint density at radius 3 is 1.41 bits per heavy atom. The maximum Gasteiger partial charge on any atom is 0.458 e. The molecule has 6 heteroatoms. The van der Waals surface area contributed by atoms with Gasteiger partial charge in [-0.15, -0.1) is 0 Å². The Morgan fingerprint density at radius 1 is 0.667 bits per heavy atom. The first-order valence-corrected chi connectivity index (χ1v) is 10.1. The van der Waals surface area contributed by atoms with Gasteiger partial charge in [-0.2, -0.15) is 0 Å². The van der Waals surface area contributed by atoms with Crippen LogP contribution in [-0.4, -0.2) is 36.6 Å². The lowest BCUT2D eigenvalue weighted by molar-refractivity contribution is 0.00578. The minimum atomic E-state index is -0.369. The second-order valence-electron chi connectivity index (χ2n) is 9.94. The van der Waals surface area contributed by atoms with E-state index in [0.717, 1.165) is 12.8 Å². The number of benzene rings is 1. The van der Waals surface area contributed by atoms with Crippen molar-refractivity contribution in [2.45, 2.75) is 96.4 Å². The van der Waals surface area contributed by atoms with Gasteiger partial charge in [0.2, 0.25) is 0 Å². The Bertz CT molecular complexity index is 589. The minimum absolute atomic E-state index is 0.00712. The minimum Gasteiger partial charge on any atom is -0.403 e. The van der Waals surface area contributed by atoms with Gasteiger partial charge in [0.1, 0.15) is 0 Å². The zero-order valence-corrected chi connectivity index (χ0v) is 18.2. The first kappa shape index (κ1) is 20.9. The molecule has 2 fully saturated rings. The molecule has 0 amide bonds. The van der Waals surface area contributed by atoms with Crippen molar-refractivity contribution in [3.63, 3.8) is 0 Å². The first-order valence-electron chi connectivity index (χ1n) is 10.1. The van der Waals surface area contributed by atoms with Crippen molar-refractivity contribution < 1.29 is 18.6 Å². The van der Waals surface area contributed by atoms with E-state index in [4.69, 9.17) is 18.6 Å². The van der Waals surface area contributed by atoms with Gasteiger partial charge in [-0.1, -0.05) is 30.3 Å². The van der Waals surface area contributed by atoms with Crippen LogP contribution < -0.4 is 0 Å². The highest BCUT2D eigenvalue weighted by atomic mass is 16.7. The third kappa shape index (κ3) is 4.00. The van der Waals surface area contributed by atoms with Crippen molar-refractivity contribution >= 4 is 14.2 Å². The number of rotatable bonds is 5. The SMILES string of the molecule is CC1(C)OB(C(CCc2ccccc2)B2OC(C)(C)C(C)(C)O2)OC1(C)C. The molecule has 1 aromatic carbocycles. The fourth-order valence-corrected chi connectivity index (χ4v) is 3.51. The lowest BCUT2D eigenvalue weighted by Crippen LogP contribution is -2.41. The number of hydrogen-bond acceptors (Lipinski definition) is 4. The molecule has 2 saturated heterocycles. The fraction of sp³-hybridized carbons (Fsp3) is 0.714. The summed E-state index contributed by atoms with van der Waals surface area (Å²) in [4.78, 5) is 0. The summed E-state index contributed by atoms with van der Waals surface area (Å²) >= 11 is 0. The van der Waals surface area contributed by atoms with Crippen LogP contribution in [0.4, 0.5) is 0 Å². The van der Waals surface area contributed by atoms with E-state index < -0.39 is 0 Å². The second kappa shape index (κ2) is 6.91. The molecular weight excluding hydrogens is 338 g/mol. The summed E-state index contributed by atoms with van der Waals surface area (Å²) in [5, 5.41) is 0. The normalized spacial score (nSPS) is 25.4. The average molecular weight is 372 g/mol. The molecule has 0 spiro atoms. The molecule has 2 aliphatic heterocycles. The molecule has 0 N–H and O–H groups in total. The van der Waals surface area contributed by atoms with Crippen LogP contribution in [0.15, 0.2) is 30.3 Å². The number of aryl methyl sites for hydroxylation is 1. The third-order valence-corrected chi connectivity index (χ3v) is 6.85. The van der Waals surface area contributed by atoms with E-state index in [9.17, 15) is 0 Å². The molecule has 0 aromatic heterocycles. The van der Waals surface area contributed by atoms with Crippen molar-refractivity contribution in [1.29, 1.82) is 0 Å². The predicted molar refractivity (Wildman–Crippen MR) is 111 cm³/mol.